The molecule has 1 aliphatic heterocycles. The number of rotatable bonds is 1. The molecule has 1 fully saturated rings. The van der Waals surface area contributed by atoms with Crippen molar-refractivity contribution in [3.8, 4) is 0 Å². The highest BCUT2D eigenvalue weighted by Crippen LogP contribution is 2.07. The van der Waals surface area contributed by atoms with Crippen molar-refractivity contribution in [2.24, 2.45) is 0 Å². The molecule has 1 saturated heterocycles. The molecule has 0 spiro atoms. The van der Waals surface area contributed by atoms with Gasteiger partial charge in [0, 0.05) is 13.1 Å². The maximum absolute atomic E-state index is 10.2. The van der Waals surface area contributed by atoms with Gasteiger partial charge in [-0.1, -0.05) is 0 Å². The van der Waals surface area contributed by atoms with Gasteiger partial charge in [-0.15, -0.1) is 0 Å². The molecule has 3 nitrogen and oxygen atoms in total. The summed E-state index contributed by atoms with van der Waals surface area (Å²) in [4.78, 5) is 0. The smallest absolute Gasteiger partial charge is 0.234 e. The van der Waals surface area contributed by atoms with E-state index in [2.05, 4.69) is 0 Å². The highest BCUT2D eigenvalue weighted by molar-refractivity contribution is 7.76. The zero-order valence-electron chi connectivity index (χ0n) is 4.54. The monoisotopic (exact) mass is 135 g/mol. The lowest BCUT2D eigenvalue weighted by Gasteiger charge is -2.05. The predicted molar refractivity (Wildman–Crippen MR) is 31.6 cm³/mol. The molecule has 0 aliphatic carbocycles. The van der Waals surface area contributed by atoms with Crippen LogP contribution >= 0.6 is 0 Å². The summed E-state index contributed by atoms with van der Waals surface area (Å²) in [7, 11) is 0. The molecule has 1 N–H and O–H groups in total. The van der Waals surface area contributed by atoms with Gasteiger partial charge in [0.1, 0.15) is 0 Å². The van der Waals surface area contributed by atoms with Gasteiger partial charge in [0.2, 0.25) is 11.3 Å². The fourth-order valence-corrected chi connectivity index (χ4v) is 1.41. The summed E-state index contributed by atoms with van der Waals surface area (Å²) in [6, 6.07) is 0. The maximum Gasteiger partial charge on any atom is 0.234 e. The largest absolute Gasteiger partial charge is 0.294 e. The molecule has 4 heteroatoms. The van der Waals surface area contributed by atoms with Crippen LogP contribution in [0.5, 0.6) is 0 Å². The van der Waals surface area contributed by atoms with Crippen molar-refractivity contribution in [1.82, 2.24) is 4.31 Å². The molecular formula is C4H9NO2S. The van der Waals surface area contributed by atoms with Gasteiger partial charge in [-0.05, 0) is 12.8 Å². The summed E-state index contributed by atoms with van der Waals surface area (Å²) in [5.74, 6) is 0. The second kappa shape index (κ2) is 2.57. The normalized spacial score (nSPS) is 26.1. The third-order valence-electron chi connectivity index (χ3n) is 1.29. The van der Waals surface area contributed by atoms with Gasteiger partial charge in [0.05, 0.1) is 0 Å². The van der Waals surface area contributed by atoms with Crippen LogP contribution in [0.2, 0.25) is 0 Å². The highest BCUT2D eigenvalue weighted by Gasteiger charge is 2.14. The van der Waals surface area contributed by atoms with Crippen LogP contribution in [-0.4, -0.2) is 26.2 Å². The first kappa shape index (κ1) is 6.19. The lowest BCUT2D eigenvalue weighted by Crippen LogP contribution is -2.20. The van der Waals surface area contributed by atoms with Crippen LogP contribution in [-0.2, 0) is 11.3 Å². The molecule has 0 amide bonds. The fourth-order valence-electron chi connectivity index (χ4n) is 0.844. The Kier molecular flexibility index (Phi) is 1.99. The Morgan fingerprint density at radius 3 is 2.12 bits per heavy atom. The summed E-state index contributed by atoms with van der Waals surface area (Å²) < 4.78 is 20.2. The van der Waals surface area contributed by atoms with Crippen LogP contribution in [0.1, 0.15) is 12.8 Å². The van der Waals surface area contributed by atoms with Gasteiger partial charge < -0.3 is 0 Å². The van der Waals surface area contributed by atoms with E-state index in [4.69, 9.17) is 4.55 Å². The second-order valence-electron chi connectivity index (χ2n) is 1.87. The van der Waals surface area contributed by atoms with E-state index in [-0.39, 0.29) is 0 Å². The van der Waals surface area contributed by atoms with E-state index < -0.39 is 11.3 Å². The molecular weight excluding hydrogens is 126 g/mol. The Hall–Kier alpha value is 0.0700. The lowest BCUT2D eigenvalue weighted by molar-refractivity contribution is 0.454. The number of nitrogens with zero attached hydrogens (tertiary/aromatic N) is 1. The van der Waals surface area contributed by atoms with Crippen molar-refractivity contribution < 1.29 is 8.76 Å². The standard InChI is InChI=1S/C4H9NO2S/c6-8(7)5-3-1-2-4-5/h1-4H2,(H,6,7). The van der Waals surface area contributed by atoms with Crippen molar-refractivity contribution >= 4 is 11.3 Å². The minimum absolute atomic E-state index is 0.781. The van der Waals surface area contributed by atoms with Gasteiger partial charge in [0.15, 0.2) is 0 Å². The summed E-state index contributed by atoms with van der Waals surface area (Å²) >= 11 is -1.71. The molecule has 0 radical (unpaired) electrons. The quantitative estimate of drug-likeness (QED) is 0.522. The van der Waals surface area contributed by atoms with Gasteiger partial charge in [-0.25, -0.2) is 8.51 Å². The Morgan fingerprint density at radius 2 is 1.88 bits per heavy atom. The molecule has 1 heterocycles. The predicted octanol–water partition coefficient (Wildman–Crippen LogP) is 0.219. The topological polar surface area (TPSA) is 40.5 Å². The zero-order chi connectivity index (χ0) is 5.98. The van der Waals surface area contributed by atoms with Crippen LogP contribution in [0, 0.1) is 0 Å². The first-order valence-corrected chi connectivity index (χ1v) is 3.73. The molecule has 1 atom stereocenters. The van der Waals surface area contributed by atoms with Crippen LogP contribution in [0.4, 0.5) is 0 Å². The second-order valence-corrected chi connectivity index (χ2v) is 2.84. The fraction of sp³-hybridized carbons (Fsp3) is 1.00. The van der Waals surface area contributed by atoms with Crippen LogP contribution in [0.25, 0.3) is 0 Å². The average molecular weight is 135 g/mol. The van der Waals surface area contributed by atoms with Crippen LogP contribution < -0.4 is 0 Å². The van der Waals surface area contributed by atoms with Crippen molar-refractivity contribution in [2.45, 2.75) is 12.8 Å². The molecule has 1 unspecified atom stereocenters. The molecule has 1 rings (SSSR count). The molecule has 0 saturated carbocycles. The van der Waals surface area contributed by atoms with Crippen LogP contribution in [0.15, 0.2) is 0 Å². The molecule has 0 aromatic heterocycles. The van der Waals surface area contributed by atoms with E-state index in [0.29, 0.717) is 0 Å². The summed E-state index contributed by atoms with van der Waals surface area (Å²) in [6.07, 6.45) is 2.12. The number of hydrogen-bond acceptors (Lipinski definition) is 1. The van der Waals surface area contributed by atoms with Crippen molar-refractivity contribution in [1.29, 1.82) is 0 Å². The van der Waals surface area contributed by atoms with Crippen molar-refractivity contribution in [2.75, 3.05) is 13.1 Å². The Morgan fingerprint density at radius 1 is 1.38 bits per heavy atom. The first-order chi connectivity index (χ1) is 3.80. The molecule has 0 aromatic carbocycles. The maximum atomic E-state index is 10.2. The van der Waals surface area contributed by atoms with Crippen LogP contribution in [0.3, 0.4) is 0 Å². The van der Waals surface area contributed by atoms with E-state index in [1.165, 1.54) is 0 Å². The summed E-state index contributed by atoms with van der Waals surface area (Å²) in [5, 5.41) is 0. The molecule has 0 bridgehead atoms. The third-order valence-corrected chi connectivity index (χ3v) is 2.09. The highest BCUT2D eigenvalue weighted by atomic mass is 32.2. The lowest BCUT2D eigenvalue weighted by atomic mass is 10.4. The van der Waals surface area contributed by atoms with E-state index in [0.717, 1.165) is 25.9 Å². The third kappa shape index (κ3) is 1.27. The zero-order valence-corrected chi connectivity index (χ0v) is 5.36. The van der Waals surface area contributed by atoms with Gasteiger partial charge >= 0.3 is 0 Å². The van der Waals surface area contributed by atoms with Gasteiger partial charge in [-0.3, -0.25) is 4.55 Å². The first-order valence-electron chi connectivity index (χ1n) is 2.66. The van der Waals surface area contributed by atoms with E-state index >= 15 is 0 Å². The van der Waals surface area contributed by atoms with Gasteiger partial charge in [-0.2, -0.15) is 0 Å². The Bertz CT molecular complexity index is 100. The summed E-state index contributed by atoms with van der Waals surface area (Å²) in [6.45, 7) is 1.56. The average Bonchev–Trinajstić information content (AvgIpc) is 2.12. The molecule has 0 aromatic rings. The Labute approximate surface area is 51.1 Å². The van der Waals surface area contributed by atoms with E-state index in [9.17, 15) is 4.21 Å². The minimum atomic E-state index is -1.71. The SMILES string of the molecule is O=S(O)N1CCCC1. The van der Waals surface area contributed by atoms with Crippen molar-refractivity contribution in [3.63, 3.8) is 0 Å². The van der Waals surface area contributed by atoms with E-state index in [1.54, 1.807) is 4.31 Å². The Balaban J connectivity index is 2.35. The molecule has 48 valence electrons. The minimum Gasteiger partial charge on any atom is -0.294 e. The molecule has 8 heavy (non-hydrogen) atoms. The number of hydrogen-bond donors (Lipinski definition) is 1. The van der Waals surface area contributed by atoms with E-state index in [1.807, 2.05) is 0 Å². The summed E-state index contributed by atoms with van der Waals surface area (Å²) in [5.41, 5.74) is 0. The van der Waals surface area contributed by atoms with Gasteiger partial charge in [0.25, 0.3) is 0 Å². The molecule has 1 aliphatic rings. The van der Waals surface area contributed by atoms with Crippen molar-refractivity contribution in [3.05, 3.63) is 0 Å².